The molecule has 1 rings (SSSR count). The third-order valence-electron chi connectivity index (χ3n) is 1.90. The fourth-order valence-electron chi connectivity index (χ4n) is 1.24. The van der Waals surface area contributed by atoms with Gasteiger partial charge in [0.15, 0.2) is 0 Å². The highest BCUT2D eigenvalue weighted by Gasteiger charge is 2.15. The second-order valence-corrected chi connectivity index (χ2v) is 3.14. The Hall–Kier alpha value is -1.44. The summed E-state index contributed by atoms with van der Waals surface area (Å²) in [5.41, 5.74) is 2.90. The zero-order valence-corrected chi connectivity index (χ0v) is 8.42. The summed E-state index contributed by atoms with van der Waals surface area (Å²) in [7, 11) is 1.65. The van der Waals surface area contributed by atoms with Crippen LogP contribution in [-0.2, 0) is 4.74 Å². The normalized spacial score (nSPS) is 16.5. The molecule has 1 heterocycles. The summed E-state index contributed by atoms with van der Waals surface area (Å²) in [4.78, 5) is 1.92. The van der Waals surface area contributed by atoms with E-state index in [4.69, 9.17) is 4.74 Å². The summed E-state index contributed by atoms with van der Waals surface area (Å²) in [6, 6.07) is 0. The molecule has 0 amide bonds. The Morgan fingerprint density at radius 3 is 2.62 bits per heavy atom. The molecule has 2 heteroatoms. The molecule has 0 aromatic carbocycles. The zero-order chi connectivity index (χ0) is 10.0. The first-order valence-corrected chi connectivity index (χ1v) is 4.14. The lowest BCUT2D eigenvalue weighted by atomic mass is 10.1. The first kappa shape index (κ1) is 9.65. The number of allylic oxidation sites excluding steroid dienone is 3. The maximum atomic E-state index is 5.19. The van der Waals surface area contributed by atoms with E-state index in [0.29, 0.717) is 0 Å². The minimum absolute atomic E-state index is 0.794. The minimum atomic E-state index is 0.794. The predicted molar refractivity (Wildman–Crippen MR) is 54.6 cm³/mol. The van der Waals surface area contributed by atoms with Gasteiger partial charge in [0.25, 0.3) is 0 Å². The van der Waals surface area contributed by atoms with Crippen LogP contribution in [0.15, 0.2) is 48.2 Å². The largest absolute Gasteiger partial charge is 0.495 e. The smallest absolute Gasteiger partial charge is 0.142 e. The second-order valence-electron chi connectivity index (χ2n) is 3.14. The summed E-state index contributed by atoms with van der Waals surface area (Å²) in [6.07, 6.45) is 3.95. The maximum Gasteiger partial charge on any atom is 0.142 e. The monoisotopic (exact) mass is 177 g/mol. The van der Waals surface area contributed by atoms with Crippen LogP contribution in [0, 0.1) is 0 Å². The molecule has 0 aliphatic carbocycles. The van der Waals surface area contributed by atoms with E-state index in [-0.39, 0.29) is 0 Å². The fourth-order valence-corrected chi connectivity index (χ4v) is 1.24. The molecule has 0 spiro atoms. The van der Waals surface area contributed by atoms with Crippen LogP contribution in [-0.4, -0.2) is 12.0 Å². The van der Waals surface area contributed by atoms with Crippen LogP contribution < -0.4 is 0 Å². The molecule has 2 nitrogen and oxygen atoms in total. The molecule has 0 atom stereocenters. The van der Waals surface area contributed by atoms with Crippen LogP contribution in [0.1, 0.15) is 13.8 Å². The summed E-state index contributed by atoms with van der Waals surface area (Å²) in [5, 5.41) is 0. The minimum Gasteiger partial charge on any atom is -0.495 e. The molecular formula is C11H15NO. The molecule has 0 fully saturated rings. The van der Waals surface area contributed by atoms with Gasteiger partial charge in [0.05, 0.1) is 12.8 Å². The standard InChI is InChI=1S/C11H15NO/c1-8(2)12-7-9(3)6-11(13-5)10(12)4/h6-7H,1,4H2,2-3,5H3. The highest BCUT2D eigenvalue weighted by molar-refractivity contribution is 5.38. The molecule has 1 aliphatic heterocycles. The van der Waals surface area contributed by atoms with Gasteiger partial charge in [-0.25, -0.2) is 0 Å². The SMILES string of the molecule is C=C(C)N1C=C(C)C=C(OC)C1=C. The van der Waals surface area contributed by atoms with E-state index in [2.05, 4.69) is 13.2 Å². The highest BCUT2D eigenvalue weighted by atomic mass is 16.5. The Labute approximate surface area is 79.5 Å². The van der Waals surface area contributed by atoms with Gasteiger partial charge in [0.2, 0.25) is 0 Å². The highest BCUT2D eigenvalue weighted by Crippen LogP contribution is 2.25. The van der Waals surface area contributed by atoms with Crippen LogP contribution in [0.2, 0.25) is 0 Å². The van der Waals surface area contributed by atoms with Crippen LogP contribution in [0.25, 0.3) is 0 Å². The van der Waals surface area contributed by atoms with Gasteiger partial charge in [-0.2, -0.15) is 0 Å². The lowest BCUT2D eigenvalue weighted by Crippen LogP contribution is -2.18. The Bertz CT molecular complexity index is 310. The van der Waals surface area contributed by atoms with Crippen molar-refractivity contribution >= 4 is 0 Å². The van der Waals surface area contributed by atoms with Gasteiger partial charge in [0, 0.05) is 11.9 Å². The molecule has 0 radical (unpaired) electrons. The van der Waals surface area contributed by atoms with Crippen LogP contribution in [0.5, 0.6) is 0 Å². The number of nitrogens with zero attached hydrogens (tertiary/aromatic N) is 1. The topological polar surface area (TPSA) is 12.5 Å². The summed E-state index contributed by atoms with van der Waals surface area (Å²) >= 11 is 0. The first-order chi connectivity index (χ1) is 6.06. The summed E-state index contributed by atoms with van der Waals surface area (Å²) in [5.74, 6) is 0.794. The maximum absolute atomic E-state index is 5.19. The van der Waals surface area contributed by atoms with E-state index in [1.54, 1.807) is 7.11 Å². The van der Waals surface area contributed by atoms with Gasteiger partial charge in [-0.15, -0.1) is 0 Å². The van der Waals surface area contributed by atoms with E-state index >= 15 is 0 Å². The van der Waals surface area contributed by atoms with Crippen molar-refractivity contribution in [2.24, 2.45) is 0 Å². The number of hydrogen-bond donors (Lipinski definition) is 0. The summed E-state index contributed by atoms with van der Waals surface area (Å²) < 4.78 is 5.19. The van der Waals surface area contributed by atoms with E-state index in [9.17, 15) is 0 Å². The number of rotatable bonds is 2. The Morgan fingerprint density at radius 2 is 2.15 bits per heavy atom. The van der Waals surface area contributed by atoms with Gasteiger partial charge in [-0.1, -0.05) is 13.2 Å². The van der Waals surface area contributed by atoms with Gasteiger partial charge < -0.3 is 9.64 Å². The van der Waals surface area contributed by atoms with Gasteiger partial charge >= 0.3 is 0 Å². The Morgan fingerprint density at radius 1 is 1.54 bits per heavy atom. The molecule has 0 bridgehead atoms. The number of ether oxygens (including phenoxy) is 1. The number of methoxy groups -OCH3 is 1. The van der Waals surface area contributed by atoms with Crippen LogP contribution in [0.3, 0.4) is 0 Å². The second kappa shape index (κ2) is 3.52. The molecule has 13 heavy (non-hydrogen) atoms. The van der Waals surface area contributed by atoms with Gasteiger partial charge in [-0.3, -0.25) is 0 Å². The fraction of sp³-hybridized carbons (Fsp3) is 0.273. The van der Waals surface area contributed by atoms with Crippen molar-refractivity contribution in [3.63, 3.8) is 0 Å². The van der Waals surface area contributed by atoms with Gasteiger partial charge in [0.1, 0.15) is 5.76 Å². The van der Waals surface area contributed by atoms with Crippen molar-refractivity contribution in [2.45, 2.75) is 13.8 Å². The van der Waals surface area contributed by atoms with E-state index < -0.39 is 0 Å². The third kappa shape index (κ3) is 1.83. The van der Waals surface area contributed by atoms with E-state index in [1.165, 1.54) is 0 Å². The molecule has 70 valence electrons. The van der Waals surface area contributed by atoms with Crippen LogP contribution >= 0.6 is 0 Å². The zero-order valence-electron chi connectivity index (χ0n) is 8.42. The molecule has 0 aromatic rings. The van der Waals surface area contributed by atoms with Crippen molar-refractivity contribution in [2.75, 3.05) is 7.11 Å². The molecule has 0 aromatic heterocycles. The Kier molecular flexibility index (Phi) is 2.61. The molecule has 0 N–H and O–H groups in total. The number of hydrogen-bond acceptors (Lipinski definition) is 2. The molecule has 1 aliphatic rings. The van der Waals surface area contributed by atoms with E-state index in [0.717, 1.165) is 22.7 Å². The first-order valence-electron chi connectivity index (χ1n) is 4.14. The van der Waals surface area contributed by atoms with Crippen molar-refractivity contribution in [1.82, 2.24) is 4.90 Å². The Balaban J connectivity index is 3.02. The van der Waals surface area contributed by atoms with Crippen molar-refractivity contribution in [3.05, 3.63) is 48.2 Å². The average molecular weight is 177 g/mol. The molecule has 0 unspecified atom stereocenters. The quantitative estimate of drug-likeness (QED) is 0.643. The van der Waals surface area contributed by atoms with Crippen molar-refractivity contribution < 1.29 is 4.74 Å². The van der Waals surface area contributed by atoms with E-state index in [1.807, 2.05) is 31.0 Å². The van der Waals surface area contributed by atoms with Crippen molar-refractivity contribution in [1.29, 1.82) is 0 Å². The van der Waals surface area contributed by atoms with Gasteiger partial charge in [-0.05, 0) is 25.5 Å². The third-order valence-corrected chi connectivity index (χ3v) is 1.90. The lowest BCUT2D eigenvalue weighted by molar-refractivity contribution is 0.281. The average Bonchev–Trinajstić information content (AvgIpc) is 2.08. The molecule has 0 saturated carbocycles. The van der Waals surface area contributed by atoms with Crippen molar-refractivity contribution in [3.8, 4) is 0 Å². The predicted octanol–water partition coefficient (Wildman–Crippen LogP) is 2.78. The molecular weight excluding hydrogens is 162 g/mol. The van der Waals surface area contributed by atoms with Crippen LogP contribution in [0.4, 0.5) is 0 Å². The lowest BCUT2D eigenvalue weighted by Gasteiger charge is -2.27. The summed E-state index contributed by atoms with van der Waals surface area (Å²) in [6.45, 7) is 11.8. The molecule has 0 saturated heterocycles.